The van der Waals surface area contributed by atoms with E-state index in [1.165, 1.54) is 0 Å². The molecule has 0 spiro atoms. The van der Waals surface area contributed by atoms with Crippen LogP contribution in [0.5, 0.6) is 0 Å². The van der Waals surface area contributed by atoms with E-state index < -0.39 is 0 Å². The highest BCUT2D eigenvalue weighted by molar-refractivity contribution is 5.76. The van der Waals surface area contributed by atoms with Crippen molar-refractivity contribution in [1.29, 1.82) is 0 Å². The molecule has 2 unspecified atom stereocenters. The molecule has 0 bridgehead atoms. The van der Waals surface area contributed by atoms with Gasteiger partial charge in [0.15, 0.2) is 0 Å². The SMILES string of the molecule is CCCC(=O)N1CC(C)OC(CC)C1. The van der Waals surface area contributed by atoms with Crippen molar-refractivity contribution >= 4 is 5.91 Å². The molecule has 1 heterocycles. The zero-order valence-corrected chi connectivity index (χ0v) is 9.45. The van der Waals surface area contributed by atoms with E-state index in [1.807, 2.05) is 18.7 Å². The third kappa shape index (κ3) is 2.98. The van der Waals surface area contributed by atoms with Crippen molar-refractivity contribution in [2.24, 2.45) is 0 Å². The molecule has 0 aromatic heterocycles. The van der Waals surface area contributed by atoms with Gasteiger partial charge in [-0.1, -0.05) is 13.8 Å². The molecule has 1 fully saturated rings. The van der Waals surface area contributed by atoms with E-state index in [9.17, 15) is 4.79 Å². The molecule has 1 saturated heterocycles. The summed E-state index contributed by atoms with van der Waals surface area (Å²) in [7, 11) is 0. The molecule has 0 radical (unpaired) electrons. The average molecular weight is 199 g/mol. The van der Waals surface area contributed by atoms with Crippen LogP contribution in [0.3, 0.4) is 0 Å². The van der Waals surface area contributed by atoms with Crippen LogP contribution in [0.25, 0.3) is 0 Å². The topological polar surface area (TPSA) is 29.5 Å². The third-order valence-corrected chi connectivity index (χ3v) is 2.60. The van der Waals surface area contributed by atoms with Crippen molar-refractivity contribution in [2.75, 3.05) is 13.1 Å². The average Bonchev–Trinajstić information content (AvgIpc) is 2.17. The molecule has 14 heavy (non-hydrogen) atoms. The summed E-state index contributed by atoms with van der Waals surface area (Å²) in [5.41, 5.74) is 0. The molecule has 0 N–H and O–H groups in total. The first-order valence-electron chi connectivity index (χ1n) is 5.60. The van der Waals surface area contributed by atoms with Crippen molar-refractivity contribution in [3.05, 3.63) is 0 Å². The predicted molar refractivity (Wildman–Crippen MR) is 56.1 cm³/mol. The number of hydrogen-bond acceptors (Lipinski definition) is 2. The van der Waals surface area contributed by atoms with Crippen LogP contribution in [-0.2, 0) is 9.53 Å². The number of amides is 1. The van der Waals surface area contributed by atoms with Crippen LogP contribution >= 0.6 is 0 Å². The van der Waals surface area contributed by atoms with Gasteiger partial charge in [0, 0.05) is 19.5 Å². The second kappa shape index (κ2) is 5.35. The number of morpholine rings is 1. The monoisotopic (exact) mass is 199 g/mol. The number of carbonyl (C=O) groups excluding carboxylic acids is 1. The molecule has 0 aliphatic carbocycles. The molecule has 0 aromatic carbocycles. The molecule has 3 nitrogen and oxygen atoms in total. The Morgan fingerprint density at radius 3 is 2.71 bits per heavy atom. The Morgan fingerprint density at radius 2 is 2.14 bits per heavy atom. The van der Waals surface area contributed by atoms with E-state index in [0.717, 1.165) is 25.9 Å². The number of nitrogens with zero attached hydrogens (tertiary/aromatic N) is 1. The van der Waals surface area contributed by atoms with Crippen molar-refractivity contribution in [3.63, 3.8) is 0 Å². The maximum absolute atomic E-state index is 11.7. The maximum atomic E-state index is 11.7. The molecule has 1 aliphatic heterocycles. The minimum atomic E-state index is 0.189. The summed E-state index contributed by atoms with van der Waals surface area (Å²) in [6, 6.07) is 0. The van der Waals surface area contributed by atoms with Crippen LogP contribution < -0.4 is 0 Å². The van der Waals surface area contributed by atoms with Gasteiger partial charge in [-0.25, -0.2) is 0 Å². The maximum Gasteiger partial charge on any atom is 0.222 e. The van der Waals surface area contributed by atoms with Crippen LogP contribution in [0, 0.1) is 0 Å². The van der Waals surface area contributed by atoms with E-state index in [-0.39, 0.29) is 18.1 Å². The lowest BCUT2D eigenvalue weighted by Crippen LogP contribution is -2.48. The van der Waals surface area contributed by atoms with Crippen molar-refractivity contribution < 1.29 is 9.53 Å². The van der Waals surface area contributed by atoms with Gasteiger partial charge in [0.1, 0.15) is 0 Å². The number of carbonyl (C=O) groups is 1. The molecule has 1 rings (SSSR count). The molecule has 82 valence electrons. The summed E-state index contributed by atoms with van der Waals surface area (Å²) < 4.78 is 5.70. The first-order chi connectivity index (χ1) is 6.67. The summed E-state index contributed by atoms with van der Waals surface area (Å²) in [5, 5.41) is 0. The second-order valence-electron chi connectivity index (χ2n) is 4.03. The Labute approximate surface area is 86.4 Å². The highest BCUT2D eigenvalue weighted by atomic mass is 16.5. The largest absolute Gasteiger partial charge is 0.372 e. The Balaban J connectivity index is 2.48. The minimum Gasteiger partial charge on any atom is -0.372 e. The van der Waals surface area contributed by atoms with Crippen molar-refractivity contribution in [3.8, 4) is 0 Å². The number of rotatable bonds is 3. The van der Waals surface area contributed by atoms with Crippen LogP contribution in [0.15, 0.2) is 0 Å². The number of hydrogen-bond donors (Lipinski definition) is 0. The van der Waals surface area contributed by atoms with Crippen LogP contribution in [0.1, 0.15) is 40.0 Å². The van der Waals surface area contributed by atoms with E-state index in [1.54, 1.807) is 0 Å². The lowest BCUT2D eigenvalue weighted by Gasteiger charge is -2.36. The van der Waals surface area contributed by atoms with Gasteiger partial charge in [0.05, 0.1) is 12.2 Å². The van der Waals surface area contributed by atoms with Gasteiger partial charge < -0.3 is 9.64 Å². The van der Waals surface area contributed by atoms with E-state index in [0.29, 0.717) is 6.42 Å². The van der Waals surface area contributed by atoms with Gasteiger partial charge in [0.25, 0.3) is 0 Å². The zero-order valence-electron chi connectivity index (χ0n) is 9.45. The van der Waals surface area contributed by atoms with Crippen molar-refractivity contribution in [2.45, 2.75) is 52.2 Å². The molecule has 1 amide bonds. The molecule has 2 atom stereocenters. The quantitative estimate of drug-likeness (QED) is 0.694. The molecular weight excluding hydrogens is 178 g/mol. The first-order valence-corrected chi connectivity index (χ1v) is 5.60. The smallest absolute Gasteiger partial charge is 0.222 e. The Kier molecular flexibility index (Phi) is 4.39. The van der Waals surface area contributed by atoms with Crippen molar-refractivity contribution in [1.82, 2.24) is 4.90 Å². The van der Waals surface area contributed by atoms with Gasteiger partial charge in [-0.2, -0.15) is 0 Å². The Hall–Kier alpha value is -0.570. The molecule has 1 aliphatic rings. The predicted octanol–water partition coefficient (Wildman–Crippen LogP) is 1.81. The summed E-state index contributed by atoms with van der Waals surface area (Å²) in [4.78, 5) is 13.6. The third-order valence-electron chi connectivity index (χ3n) is 2.60. The fourth-order valence-electron chi connectivity index (χ4n) is 1.85. The lowest BCUT2D eigenvalue weighted by molar-refractivity contribution is -0.144. The molecule has 0 aromatic rings. The summed E-state index contributed by atoms with van der Waals surface area (Å²) in [5.74, 6) is 0.279. The molecule has 0 saturated carbocycles. The second-order valence-corrected chi connectivity index (χ2v) is 4.03. The summed E-state index contributed by atoms with van der Waals surface area (Å²) >= 11 is 0. The highest BCUT2D eigenvalue weighted by Crippen LogP contribution is 2.14. The molecular formula is C11H21NO2. The summed E-state index contributed by atoms with van der Waals surface area (Å²) in [6.07, 6.45) is 3.01. The zero-order chi connectivity index (χ0) is 10.6. The van der Waals surface area contributed by atoms with E-state index >= 15 is 0 Å². The van der Waals surface area contributed by atoms with Gasteiger partial charge in [-0.15, -0.1) is 0 Å². The molecule has 3 heteroatoms. The van der Waals surface area contributed by atoms with Crippen LogP contribution in [0.4, 0.5) is 0 Å². The Morgan fingerprint density at radius 1 is 1.43 bits per heavy atom. The van der Waals surface area contributed by atoms with E-state index in [4.69, 9.17) is 4.74 Å². The highest BCUT2D eigenvalue weighted by Gasteiger charge is 2.26. The first kappa shape index (κ1) is 11.5. The normalized spacial score (nSPS) is 27.8. The number of ether oxygens (including phenoxy) is 1. The van der Waals surface area contributed by atoms with Gasteiger partial charge in [0.2, 0.25) is 5.91 Å². The van der Waals surface area contributed by atoms with Gasteiger partial charge in [-0.05, 0) is 19.8 Å². The Bertz CT molecular complexity index is 194. The fraction of sp³-hybridized carbons (Fsp3) is 0.909. The fourth-order valence-corrected chi connectivity index (χ4v) is 1.85. The standard InChI is InChI=1S/C11H21NO2/c1-4-6-11(13)12-7-9(3)14-10(5-2)8-12/h9-10H,4-8H2,1-3H3. The minimum absolute atomic E-state index is 0.189. The van der Waals surface area contributed by atoms with E-state index in [2.05, 4.69) is 6.92 Å². The van der Waals surface area contributed by atoms with Gasteiger partial charge >= 0.3 is 0 Å². The summed E-state index contributed by atoms with van der Waals surface area (Å²) in [6.45, 7) is 7.72. The lowest BCUT2D eigenvalue weighted by atomic mass is 10.1. The van der Waals surface area contributed by atoms with Crippen LogP contribution in [-0.4, -0.2) is 36.1 Å². The van der Waals surface area contributed by atoms with Crippen LogP contribution in [0.2, 0.25) is 0 Å². The van der Waals surface area contributed by atoms with Gasteiger partial charge in [-0.3, -0.25) is 4.79 Å².